The SMILES string of the molecule is Cc1ccc(CNC(=O)c2nn(-c3ccc(C)cc3)c(=O)c3c2c2ccccc2n3C)cc1. The molecular weight excluding hydrogens is 412 g/mol. The Labute approximate surface area is 191 Å². The average Bonchev–Trinajstić information content (AvgIpc) is 3.13. The van der Waals surface area contributed by atoms with Gasteiger partial charge in [0, 0.05) is 29.9 Å². The van der Waals surface area contributed by atoms with Crippen molar-refractivity contribution < 1.29 is 4.79 Å². The first kappa shape index (κ1) is 20.7. The molecule has 0 radical (unpaired) electrons. The summed E-state index contributed by atoms with van der Waals surface area (Å²) in [5, 5.41) is 8.95. The number of hydrogen-bond acceptors (Lipinski definition) is 3. The van der Waals surface area contributed by atoms with E-state index < -0.39 is 0 Å². The number of nitrogens with zero attached hydrogens (tertiary/aromatic N) is 3. The molecule has 0 aliphatic heterocycles. The second kappa shape index (κ2) is 8.06. The van der Waals surface area contributed by atoms with E-state index in [1.165, 1.54) is 4.68 Å². The smallest absolute Gasteiger partial charge is 0.296 e. The summed E-state index contributed by atoms with van der Waals surface area (Å²) >= 11 is 0. The lowest BCUT2D eigenvalue weighted by atomic mass is 10.1. The molecule has 3 aromatic carbocycles. The van der Waals surface area contributed by atoms with Crippen molar-refractivity contribution in [2.75, 3.05) is 0 Å². The van der Waals surface area contributed by atoms with Gasteiger partial charge in [0.15, 0.2) is 5.69 Å². The molecule has 5 aromatic rings. The molecular formula is C27H24N4O2. The molecule has 2 heterocycles. The number of nitrogens with one attached hydrogen (secondary N) is 1. The quantitative estimate of drug-likeness (QED) is 0.453. The van der Waals surface area contributed by atoms with Gasteiger partial charge in [0.1, 0.15) is 5.52 Å². The van der Waals surface area contributed by atoms with Crippen molar-refractivity contribution in [1.82, 2.24) is 19.7 Å². The summed E-state index contributed by atoms with van der Waals surface area (Å²) in [7, 11) is 1.85. The van der Waals surface area contributed by atoms with Crippen molar-refractivity contribution in [2.45, 2.75) is 20.4 Å². The lowest BCUT2D eigenvalue weighted by Crippen LogP contribution is -2.30. The van der Waals surface area contributed by atoms with Gasteiger partial charge in [0.2, 0.25) is 0 Å². The number of aryl methyl sites for hydroxylation is 3. The minimum Gasteiger partial charge on any atom is -0.347 e. The van der Waals surface area contributed by atoms with E-state index in [0.29, 0.717) is 23.1 Å². The number of carbonyl (C=O) groups is 1. The van der Waals surface area contributed by atoms with Crippen molar-refractivity contribution in [3.8, 4) is 5.69 Å². The predicted octanol–water partition coefficient (Wildman–Crippen LogP) is 4.42. The van der Waals surface area contributed by atoms with Gasteiger partial charge in [-0.1, -0.05) is 65.7 Å². The molecule has 0 spiro atoms. The van der Waals surface area contributed by atoms with E-state index >= 15 is 0 Å². The van der Waals surface area contributed by atoms with Crippen LogP contribution in [-0.4, -0.2) is 20.3 Å². The number of hydrogen-bond donors (Lipinski definition) is 1. The summed E-state index contributed by atoms with van der Waals surface area (Å²) in [6.07, 6.45) is 0. The third-order valence-electron chi connectivity index (χ3n) is 6.01. The topological polar surface area (TPSA) is 68.9 Å². The molecule has 0 saturated carbocycles. The van der Waals surface area contributed by atoms with Crippen molar-refractivity contribution in [3.63, 3.8) is 0 Å². The molecule has 164 valence electrons. The zero-order chi connectivity index (χ0) is 23.1. The van der Waals surface area contributed by atoms with Gasteiger partial charge >= 0.3 is 0 Å². The Morgan fingerprint density at radius 1 is 0.909 bits per heavy atom. The highest BCUT2D eigenvalue weighted by Gasteiger charge is 2.23. The Morgan fingerprint density at radius 2 is 1.55 bits per heavy atom. The Morgan fingerprint density at radius 3 is 2.24 bits per heavy atom. The Bertz CT molecular complexity index is 1560. The summed E-state index contributed by atoms with van der Waals surface area (Å²) < 4.78 is 3.16. The van der Waals surface area contributed by atoms with Gasteiger partial charge in [-0.3, -0.25) is 9.59 Å². The molecule has 33 heavy (non-hydrogen) atoms. The Hall–Kier alpha value is -4.19. The van der Waals surface area contributed by atoms with Crippen molar-refractivity contribution in [1.29, 1.82) is 0 Å². The fraction of sp³-hybridized carbons (Fsp3) is 0.148. The first-order valence-electron chi connectivity index (χ1n) is 10.9. The maximum absolute atomic E-state index is 13.5. The van der Waals surface area contributed by atoms with Gasteiger partial charge in [-0.25, -0.2) is 0 Å². The van der Waals surface area contributed by atoms with E-state index in [0.717, 1.165) is 27.6 Å². The van der Waals surface area contributed by atoms with Crippen LogP contribution in [-0.2, 0) is 13.6 Å². The maximum Gasteiger partial charge on any atom is 0.296 e. The first-order valence-corrected chi connectivity index (χ1v) is 10.9. The minimum atomic E-state index is -0.321. The zero-order valence-corrected chi connectivity index (χ0v) is 18.8. The second-order valence-corrected chi connectivity index (χ2v) is 8.37. The maximum atomic E-state index is 13.5. The second-order valence-electron chi connectivity index (χ2n) is 8.37. The van der Waals surface area contributed by atoms with Crippen LogP contribution in [0.1, 0.15) is 27.2 Å². The van der Waals surface area contributed by atoms with Crippen molar-refractivity contribution in [2.24, 2.45) is 7.05 Å². The van der Waals surface area contributed by atoms with Gasteiger partial charge in [-0.2, -0.15) is 9.78 Å². The highest BCUT2D eigenvalue weighted by molar-refractivity contribution is 6.16. The largest absolute Gasteiger partial charge is 0.347 e. The van der Waals surface area contributed by atoms with Gasteiger partial charge in [-0.15, -0.1) is 0 Å². The van der Waals surface area contributed by atoms with E-state index in [4.69, 9.17) is 0 Å². The summed E-state index contributed by atoms with van der Waals surface area (Å²) in [5.41, 5.74) is 5.15. The molecule has 0 aliphatic carbocycles. The zero-order valence-electron chi connectivity index (χ0n) is 18.8. The third-order valence-corrected chi connectivity index (χ3v) is 6.01. The lowest BCUT2D eigenvalue weighted by molar-refractivity contribution is 0.0946. The van der Waals surface area contributed by atoms with Gasteiger partial charge in [-0.05, 0) is 37.6 Å². The molecule has 1 amide bonds. The van der Waals surface area contributed by atoms with Crippen LogP contribution >= 0.6 is 0 Å². The van der Waals surface area contributed by atoms with Gasteiger partial charge in [0.05, 0.1) is 5.69 Å². The average molecular weight is 437 g/mol. The number of benzene rings is 3. The van der Waals surface area contributed by atoms with Gasteiger partial charge < -0.3 is 9.88 Å². The molecule has 0 atom stereocenters. The fourth-order valence-electron chi connectivity index (χ4n) is 4.17. The number of rotatable bonds is 4. The molecule has 6 nitrogen and oxygen atoms in total. The lowest BCUT2D eigenvalue weighted by Gasteiger charge is -2.11. The normalized spacial score (nSPS) is 11.2. The molecule has 0 aliphatic rings. The summed E-state index contributed by atoms with van der Waals surface area (Å²) in [5.74, 6) is -0.321. The van der Waals surface area contributed by atoms with Crippen LogP contribution in [0, 0.1) is 13.8 Å². The van der Waals surface area contributed by atoms with Crippen LogP contribution in [0.25, 0.3) is 27.5 Å². The summed E-state index contributed by atoms with van der Waals surface area (Å²) in [6, 6.07) is 23.2. The molecule has 6 heteroatoms. The molecule has 0 unspecified atom stereocenters. The van der Waals surface area contributed by atoms with Crippen LogP contribution in [0.4, 0.5) is 0 Å². The summed E-state index contributed by atoms with van der Waals surface area (Å²) in [4.78, 5) is 26.9. The van der Waals surface area contributed by atoms with Gasteiger partial charge in [0.25, 0.3) is 11.5 Å². The highest BCUT2D eigenvalue weighted by Crippen LogP contribution is 2.28. The molecule has 0 bridgehead atoms. The minimum absolute atomic E-state index is 0.231. The third kappa shape index (κ3) is 3.59. The van der Waals surface area contributed by atoms with E-state index in [1.54, 1.807) is 0 Å². The number of amides is 1. The Kier molecular flexibility index (Phi) is 5.05. The standard InChI is InChI=1S/C27H24N4O2/c1-17-8-12-19(13-9-17)16-28-26(32)24-23-21-6-4-5-7-22(21)30(3)25(23)27(33)31(29-24)20-14-10-18(2)11-15-20/h4-15H,16H2,1-3H3,(H,28,32). The van der Waals surface area contributed by atoms with Crippen molar-refractivity contribution >= 4 is 27.7 Å². The predicted molar refractivity (Wildman–Crippen MR) is 131 cm³/mol. The molecule has 0 saturated heterocycles. The highest BCUT2D eigenvalue weighted by atomic mass is 16.2. The number of para-hydroxylation sites is 1. The van der Waals surface area contributed by atoms with Crippen LogP contribution < -0.4 is 10.9 Å². The van der Waals surface area contributed by atoms with E-state index in [-0.39, 0.29) is 17.2 Å². The molecule has 1 N–H and O–H groups in total. The monoisotopic (exact) mass is 436 g/mol. The first-order chi connectivity index (χ1) is 15.9. The number of carbonyl (C=O) groups excluding carboxylic acids is 1. The van der Waals surface area contributed by atoms with Crippen LogP contribution in [0.15, 0.2) is 77.6 Å². The van der Waals surface area contributed by atoms with Crippen LogP contribution in [0.3, 0.4) is 0 Å². The Balaban J connectivity index is 1.70. The van der Waals surface area contributed by atoms with Crippen LogP contribution in [0.5, 0.6) is 0 Å². The number of aromatic nitrogens is 3. The summed E-state index contributed by atoms with van der Waals surface area (Å²) in [6.45, 7) is 4.38. The fourth-order valence-corrected chi connectivity index (χ4v) is 4.17. The van der Waals surface area contributed by atoms with Crippen molar-refractivity contribution in [3.05, 3.63) is 106 Å². The van der Waals surface area contributed by atoms with E-state index in [9.17, 15) is 9.59 Å². The van der Waals surface area contributed by atoms with Crippen LogP contribution in [0.2, 0.25) is 0 Å². The van der Waals surface area contributed by atoms with E-state index in [1.807, 2.05) is 98.3 Å². The molecule has 2 aromatic heterocycles. The van der Waals surface area contributed by atoms with E-state index in [2.05, 4.69) is 10.4 Å². The number of fused-ring (bicyclic) bond motifs is 3. The molecule has 0 fully saturated rings. The molecule has 5 rings (SSSR count).